The van der Waals surface area contributed by atoms with Crippen LogP contribution in [0.1, 0.15) is 26.3 Å². The molecule has 2 N–H and O–H groups in total. The number of nitrogens with one attached hydrogen (secondary N) is 1. The van der Waals surface area contributed by atoms with Crippen molar-refractivity contribution >= 4 is 12.1 Å². The molecule has 0 aliphatic carbocycles. The van der Waals surface area contributed by atoms with E-state index in [-0.39, 0.29) is 12.5 Å². The van der Waals surface area contributed by atoms with Gasteiger partial charge >= 0.3 is 12.1 Å². The first-order chi connectivity index (χ1) is 8.86. The monoisotopic (exact) mass is 265 g/mol. The van der Waals surface area contributed by atoms with Crippen molar-refractivity contribution < 1.29 is 19.4 Å². The molecule has 5 nitrogen and oxygen atoms in total. The summed E-state index contributed by atoms with van der Waals surface area (Å²) in [4.78, 5) is 23.1. The smallest absolute Gasteiger partial charge is 0.408 e. The van der Waals surface area contributed by atoms with E-state index in [2.05, 4.69) is 5.32 Å². The molecule has 0 aliphatic rings. The minimum atomic E-state index is -1.50. The van der Waals surface area contributed by atoms with Crippen molar-refractivity contribution in [2.24, 2.45) is 5.92 Å². The summed E-state index contributed by atoms with van der Waals surface area (Å²) >= 11 is 0. The van der Waals surface area contributed by atoms with Crippen LogP contribution < -0.4 is 5.32 Å². The van der Waals surface area contributed by atoms with Crippen LogP contribution in [0.15, 0.2) is 30.3 Å². The fourth-order valence-electron chi connectivity index (χ4n) is 1.50. The zero-order valence-corrected chi connectivity index (χ0v) is 11.3. The first kappa shape index (κ1) is 15.0. The van der Waals surface area contributed by atoms with E-state index in [0.717, 1.165) is 0 Å². The SMILES string of the molecule is CC(C)COC(=O)NC(C)(C(=O)O)c1ccccc1. The standard InChI is InChI=1S/C14H19NO4/c1-10(2)9-19-13(18)15-14(3,12(16)17)11-7-5-4-6-8-11/h4-8,10H,9H2,1-3H3,(H,15,18)(H,16,17). The highest BCUT2D eigenvalue weighted by Crippen LogP contribution is 2.21. The number of aliphatic carboxylic acids is 1. The fourth-order valence-corrected chi connectivity index (χ4v) is 1.50. The summed E-state index contributed by atoms with van der Waals surface area (Å²) in [6.07, 6.45) is -0.734. The van der Waals surface area contributed by atoms with E-state index in [4.69, 9.17) is 4.74 Å². The van der Waals surface area contributed by atoms with Crippen molar-refractivity contribution in [3.8, 4) is 0 Å². The van der Waals surface area contributed by atoms with E-state index in [1.54, 1.807) is 30.3 Å². The van der Waals surface area contributed by atoms with E-state index >= 15 is 0 Å². The molecule has 1 aromatic carbocycles. The van der Waals surface area contributed by atoms with Gasteiger partial charge in [0.05, 0.1) is 6.61 Å². The highest BCUT2D eigenvalue weighted by molar-refractivity contribution is 5.85. The van der Waals surface area contributed by atoms with E-state index in [0.29, 0.717) is 5.56 Å². The van der Waals surface area contributed by atoms with Crippen molar-refractivity contribution in [1.29, 1.82) is 0 Å². The Labute approximate surface area is 112 Å². The quantitative estimate of drug-likeness (QED) is 0.857. The number of hydrogen-bond acceptors (Lipinski definition) is 3. The molecule has 0 radical (unpaired) electrons. The lowest BCUT2D eigenvalue weighted by Gasteiger charge is -2.26. The third-order valence-electron chi connectivity index (χ3n) is 2.68. The third-order valence-corrected chi connectivity index (χ3v) is 2.68. The van der Waals surface area contributed by atoms with Crippen LogP contribution >= 0.6 is 0 Å². The molecule has 19 heavy (non-hydrogen) atoms. The van der Waals surface area contributed by atoms with Crippen LogP contribution in [0.25, 0.3) is 0 Å². The number of carboxylic acids is 1. The first-order valence-corrected chi connectivity index (χ1v) is 6.10. The Morgan fingerprint density at radius 3 is 2.37 bits per heavy atom. The van der Waals surface area contributed by atoms with Gasteiger partial charge in [0, 0.05) is 0 Å². The maximum atomic E-state index is 11.6. The van der Waals surface area contributed by atoms with Crippen molar-refractivity contribution in [3.05, 3.63) is 35.9 Å². The minimum Gasteiger partial charge on any atom is -0.479 e. The second kappa shape index (κ2) is 6.22. The predicted molar refractivity (Wildman–Crippen MR) is 70.8 cm³/mol. The number of carbonyl (C=O) groups is 2. The van der Waals surface area contributed by atoms with E-state index < -0.39 is 17.6 Å². The second-order valence-corrected chi connectivity index (χ2v) is 4.91. The van der Waals surface area contributed by atoms with Gasteiger partial charge in [0.15, 0.2) is 5.54 Å². The molecular formula is C14H19NO4. The van der Waals surface area contributed by atoms with Gasteiger partial charge in [0.2, 0.25) is 0 Å². The van der Waals surface area contributed by atoms with Crippen LogP contribution in [-0.2, 0) is 15.1 Å². The zero-order valence-electron chi connectivity index (χ0n) is 11.3. The molecule has 0 aromatic heterocycles. The number of amides is 1. The van der Waals surface area contributed by atoms with Crippen molar-refractivity contribution in [2.75, 3.05) is 6.61 Å². The summed E-state index contributed by atoms with van der Waals surface area (Å²) in [5.74, 6) is -0.946. The average Bonchev–Trinajstić information content (AvgIpc) is 2.37. The predicted octanol–water partition coefficient (Wildman–Crippen LogP) is 2.37. The van der Waals surface area contributed by atoms with Gasteiger partial charge in [-0.3, -0.25) is 0 Å². The number of carbonyl (C=O) groups excluding carboxylic acids is 1. The number of rotatable bonds is 5. The van der Waals surface area contributed by atoms with Crippen LogP contribution in [-0.4, -0.2) is 23.8 Å². The van der Waals surface area contributed by atoms with Gasteiger partial charge in [0.25, 0.3) is 0 Å². The zero-order chi connectivity index (χ0) is 14.5. The molecule has 0 saturated heterocycles. The van der Waals surface area contributed by atoms with Gasteiger partial charge in [-0.1, -0.05) is 44.2 Å². The number of ether oxygens (including phenoxy) is 1. The van der Waals surface area contributed by atoms with Crippen molar-refractivity contribution in [3.63, 3.8) is 0 Å². The molecule has 0 saturated carbocycles. The fraction of sp³-hybridized carbons (Fsp3) is 0.429. The molecule has 1 atom stereocenters. The highest BCUT2D eigenvalue weighted by atomic mass is 16.5. The van der Waals surface area contributed by atoms with Crippen molar-refractivity contribution in [2.45, 2.75) is 26.3 Å². The van der Waals surface area contributed by atoms with E-state index in [1.807, 2.05) is 13.8 Å². The summed E-state index contributed by atoms with van der Waals surface area (Å²) in [6.45, 7) is 5.49. The summed E-state index contributed by atoms with van der Waals surface area (Å²) < 4.78 is 4.96. The number of carboxylic acid groups (broad SMARTS) is 1. The second-order valence-electron chi connectivity index (χ2n) is 4.91. The Morgan fingerprint density at radius 2 is 1.89 bits per heavy atom. The molecule has 5 heteroatoms. The molecule has 1 rings (SSSR count). The Balaban J connectivity index is 2.84. The summed E-state index contributed by atoms with van der Waals surface area (Å²) in [5.41, 5.74) is -1.01. The van der Waals surface area contributed by atoms with E-state index in [9.17, 15) is 14.7 Å². The van der Waals surface area contributed by atoms with E-state index in [1.165, 1.54) is 6.92 Å². The Morgan fingerprint density at radius 1 is 1.32 bits per heavy atom. The number of benzene rings is 1. The Bertz CT molecular complexity index is 444. The maximum absolute atomic E-state index is 11.6. The average molecular weight is 265 g/mol. The lowest BCUT2D eigenvalue weighted by molar-refractivity contribution is -0.144. The lowest BCUT2D eigenvalue weighted by Crippen LogP contribution is -2.49. The van der Waals surface area contributed by atoms with Crippen LogP contribution in [0, 0.1) is 5.92 Å². The molecule has 1 unspecified atom stereocenters. The van der Waals surface area contributed by atoms with Crippen molar-refractivity contribution in [1.82, 2.24) is 5.32 Å². The Hall–Kier alpha value is -2.04. The highest BCUT2D eigenvalue weighted by Gasteiger charge is 2.37. The Kier molecular flexibility index (Phi) is 4.92. The summed E-state index contributed by atoms with van der Waals surface area (Å²) in [5, 5.41) is 11.7. The van der Waals surface area contributed by atoms with Gasteiger partial charge in [-0.15, -0.1) is 0 Å². The molecule has 0 bridgehead atoms. The molecule has 104 valence electrons. The molecule has 0 aliphatic heterocycles. The van der Waals surface area contributed by atoms with Crippen LogP contribution in [0.3, 0.4) is 0 Å². The summed E-state index contributed by atoms with van der Waals surface area (Å²) in [6, 6.07) is 8.52. The van der Waals surface area contributed by atoms with Crippen LogP contribution in [0.5, 0.6) is 0 Å². The number of hydrogen-bond donors (Lipinski definition) is 2. The third kappa shape index (κ3) is 3.98. The van der Waals surface area contributed by atoms with Gasteiger partial charge in [-0.05, 0) is 18.4 Å². The molecule has 0 heterocycles. The van der Waals surface area contributed by atoms with Gasteiger partial charge < -0.3 is 15.2 Å². The largest absolute Gasteiger partial charge is 0.479 e. The maximum Gasteiger partial charge on any atom is 0.408 e. The van der Waals surface area contributed by atoms with Gasteiger partial charge in [-0.2, -0.15) is 0 Å². The summed E-state index contributed by atoms with van der Waals surface area (Å²) in [7, 11) is 0. The van der Waals surface area contributed by atoms with Crippen LogP contribution in [0.4, 0.5) is 4.79 Å². The molecule has 1 amide bonds. The molecule has 0 fully saturated rings. The first-order valence-electron chi connectivity index (χ1n) is 6.10. The molecule has 1 aromatic rings. The minimum absolute atomic E-state index is 0.193. The lowest BCUT2D eigenvalue weighted by atomic mass is 9.92. The number of alkyl carbamates (subject to hydrolysis) is 1. The normalized spacial score (nSPS) is 13.7. The topological polar surface area (TPSA) is 75.6 Å². The van der Waals surface area contributed by atoms with Gasteiger partial charge in [-0.25, -0.2) is 9.59 Å². The van der Waals surface area contributed by atoms with Crippen LogP contribution in [0.2, 0.25) is 0 Å². The molecule has 0 spiro atoms. The van der Waals surface area contributed by atoms with Gasteiger partial charge in [0.1, 0.15) is 0 Å². The molecular weight excluding hydrogens is 246 g/mol.